The van der Waals surface area contributed by atoms with Crippen molar-refractivity contribution in [3.8, 4) is 0 Å². The van der Waals surface area contributed by atoms with Gasteiger partial charge in [0.25, 0.3) is 0 Å². The van der Waals surface area contributed by atoms with E-state index in [-0.39, 0.29) is 53.4 Å². The fourth-order valence-corrected chi connectivity index (χ4v) is 1.26. The van der Waals surface area contributed by atoms with Gasteiger partial charge in [0.1, 0.15) is 0 Å². The molecule has 4 nitrogen and oxygen atoms in total. The molecule has 0 spiro atoms. The predicted octanol–water partition coefficient (Wildman–Crippen LogP) is 0.513. The molecule has 0 aromatic rings. The van der Waals surface area contributed by atoms with Crippen LogP contribution in [0, 0.1) is 0 Å². The number of rotatable bonds is 6. The van der Waals surface area contributed by atoms with Crippen molar-refractivity contribution in [3.05, 3.63) is 0 Å². The molecule has 12 heavy (non-hydrogen) atoms. The monoisotopic (exact) mass is 220 g/mol. The Morgan fingerprint density at radius 2 is 1.42 bits per heavy atom. The molecule has 0 aliphatic heterocycles. The Bertz CT molecular complexity index is 143. The molecule has 0 heterocycles. The number of thioether (sulfide) groups is 1. The Kier molecular flexibility index (Phi) is 12.1. The molecule has 0 aromatic carbocycles. The Morgan fingerprint density at radius 3 is 1.67 bits per heavy atom. The second-order valence-corrected chi connectivity index (χ2v) is 3.12. The summed E-state index contributed by atoms with van der Waals surface area (Å²) in [6.45, 7) is 0. The zero-order valence-corrected chi connectivity index (χ0v) is 9.68. The standard InChI is InChI=1S/C6H10O4S.Ca.2H/c7-5(8)1-3-11-4-2-6(9)10;;;/h1-4H2,(H,7,8)(H,9,10);;;/q;+2;2*-1. The van der Waals surface area contributed by atoms with E-state index in [4.69, 9.17) is 10.2 Å². The first kappa shape index (κ1) is 15.0. The van der Waals surface area contributed by atoms with Gasteiger partial charge in [-0.3, -0.25) is 9.59 Å². The van der Waals surface area contributed by atoms with E-state index < -0.39 is 11.9 Å². The molecule has 0 fully saturated rings. The van der Waals surface area contributed by atoms with Gasteiger partial charge in [-0.1, -0.05) is 0 Å². The number of aliphatic carboxylic acids is 2. The molecule has 0 saturated heterocycles. The van der Waals surface area contributed by atoms with Gasteiger partial charge in [-0.15, -0.1) is 0 Å². The largest absolute Gasteiger partial charge is 2.00 e. The average molecular weight is 220 g/mol. The van der Waals surface area contributed by atoms with Gasteiger partial charge in [0.2, 0.25) is 0 Å². The van der Waals surface area contributed by atoms with E-state index in [2.05, 4.69) is 0 Å². The molecule has 6 heteroatoms. The maximum Gasteiger partial charge on any atom is 2.00 e. The molecule has 68 valence electrons. The Hall–Kier alpha value is 0.550. The number of hydrogen-bond acceptors (Lipinski definition) is 3. The van der Waals surface area contributed by atoms with Gasteiger partial charge in [-0.05, 0) is 0 Å². The zero-order chi connectivity index (χ0) is 8.69. The summed E-state index contributed by atoms with van der Waals surface area (Å²) < 4.78 is 0. The molecule has 0 radical (unpaired) electrons. The summed E-state index contributed by atoms with van der Waals surface area (Å²) in [5, 5.41) is 16.4. The van der Waals surface area contributed by atoms with Crippen LogP contribution in [-0.2, 0) is 9.59 Å². The maximum atomic E-state index is 9.97. The van der Waals surface area contributed by atoms with Crippen LogP contribution < -0.4 is 0 Å². The number of hydrogen-bond donors (Lipinski definition) is 2. The molecule has 2 N–H and O–H groups in total. The van der Waals surface area contributed by atoms with Gasteiger partial charge in [0, 0.05) is 11.5 Å². The van der Waals surface area contributed by atoms with Gasteiger partial charge in [0.15, 0.2) is 0 Å². The fourth-order valence-electron chi connectivity index (χ4n) is 0.421. The first-order valence-electron chi connectivity index (χ1n) is 3.14. The summed E-state index contributed by atoms with van der Waals surface area (Å²) in [6.07, 6.45) is 0.203. The van der Waals surface area contributed by atoms with Crippen molar-refractivity contribution < 1.29 is 22.7 Å². The molecule has 0 bridgehead atoms. The maximum absolute atomic E-state index is 9.97. The van der Waals surface area contributed by atoms with E-state index in [0.29, 0.717) is 11.5 Å². The van der Waals surface area contributed by atoms with Crippen molar-refractivity contribution in [2.24, 2.45) is 0 Å². The van der Waals surface area contributed by atoms with Crippen molar-refractivity contribution >= 4 is 61.4 Å². The minimum absolute atomic E-state index is 0. The molecule has 0 unspecified atom stereocenters. The zero-order valence-electron chi connectivity index (χ0n) is 8.65. The van der Waals surface area contributed by atoms with Gasteiger partial charge in [0.05, 0.1) is 12.8 Å². The summed E-state index contributed by atoms with van der Waals surface area (Å²) in [5.74, 6) is -0.703. The van der Waals surface area contributed by atoms with Crippen LogP contribution in [0.5, 0.6) is 0 Å². The van der Waals surface area contributed by atoms with E-state index in [0.717, 1.165) is 0 Å². The van der Waals surface area contributed by atoms with Gasteiger partial charge in [-0.25, -0.2) is 0 Å². The quantitative estimate of drug-likeness (QED) is 0.504. The molecule has 0 aromatic heterocycles. The fraction of sp³-hybridized carbons (Fsp3) is 0.667. The minimum atomic E-state index is -0.840. The van der Waals surface area contributed by atoms with E-state index in [1.54, 1.807) is 0 Å². The normalized spacial score (nSPS) is 8.67. The topological polar surface area (TPSA) is 74.6 Å². The molecular formula is C6H12CaO4S. The van der Waals surface area contributed by atoms with Crippen LogP contribution in [0.3, 0.4) is 0 Å². The van der Waals surface area contributed by atoms with Crippen LogP contribution in [0.15, 0.2) is 0 Å². The first-order valence-corrected chi connectivity index (χ1v) is 4.29. The number of carboxylic acid groups (broad SMARTS) is 2. The van der Waals surface area contributed by atoms with E-state index in [1.165, 1.54) is 11.8 Å². The third-order valence-electron chi connectivity index (χ3n) is 0.921. The second-order valence-electron chi connectivity index (χ2n) is 1.90. The molecule has 0 aliphatic carbocycles. The van der Waals surface area contributed by atoms with Crippen LogP contribution >= 0.6 is 11.8 Å². The van der Waals surface area contributed by atoms with Crippen LogP contribution in [0.4, 0.5) is 0 Å². The van der Waals surface area contributed by atoms with Gasteiger partial charge >= 0.3 is 49.7 Å². The van der Waals surface area contributed by atoms with E-state index >= 15 is 0 Å². The summed E-state index contributed by atoms with van der Waals surface area (Å²) in [5.41, 5.74) is 0. The SMILES string of the molecule is O=C(O)CCSCCC(=O)O.[Ca+2].[H-].[H-]. The molecule has 0 saturated carbocycles. The van der Waals surface area contributed by atoms with Crippen molar-refractivity contribution in [2.75, 3.05) is 11.5 Å². The van der Waals surface area contributed by atoms with E-state index in [9.17, 15) is 9.59 Å². The molecule has 0 atom stereocenters. The van der Waals surface area contributed by atoms with Gasteiger partial charge in [-0.2, -0.15) is 11.8 Å². The minimum Gasteiger partial charge on any atom is -1.00 e. The van der Waals surface area contributed by atoms with Crippen LogP contribution in [0.25, 0.3) is 0 Å². The smallest absolute Gasteiger partial charge is 1.00 e. The summed E-state index contributed by atoms with van der Waals surface area (Å²) >= 11 is 1.35. The predicted molar refractivity (Wildman–Crippen MR) is 49.8 cm³/mol. The van der Waals surface area contributed by atoms with Crippen LogP contribution in [0.2, 0.25) is 0 Å². The number of carbonyl (C=O) groups is 2. The molecule has 0 rings (SSSR count). The van der Waals surface area contributed by atoms with Crippen LogP contribution in [0.1, 0.15) is 15.7 Å². The Labute approximate surface area is 108 Å². The van der Waals surface area contributed by atoms with Crippen LogP contribution in [-0.4, -0.2) is 71.4 Å². The second kappa shape index (κ2) is 9.64. The molecule has 0 amide bonds. The first-order chi connectivity index (χ1) is 5.13. The van der Waals surface area contributed by atoms with Gasteiger partial charge < -0.3 is 13.1 Å². The molecule has 0 aliphatic rings. The Balaban J connectivity index is -0.000000167. The summed E-state index contributed by atoms with van der Waals surface area (Å²) in [4.78, 5) is 19.9. The Morgan fingerprint density at radius 1 is 1.08 bits per heavy atom. The average Bonchev–Trinajstić information content (AvgIpc) is 1.85. The van der Waals surface area contributed by atoms with E-state index in [1.807, 2.05) is 0 Å². The van der Waals surface area contributed by atoms with Crippen molar-refractivity contribution in [1.29, 1.82) is 0 Å². The summed E-state index contributed by atoms with van der Waals surface area (Å²) in [6, 6.07) is 0. The van der Waals surface area contributed by atoms with Crippen molar-refractivity contribution in [3.63, 3.8) is 0 Å². The van der Waals surface area contributed by atoms with Crippen molar-refractivity contribution in [1.82, 2.24) is 0 Å². The van der Waals surface area contributed by atoms with Crippen molar-refractivity contribution in [2.45, 2.75) is 12.8 Å². The third-order valence-corrected chi connectivity index (χ3v) is 1.91. The molecular weight excluding hydrogens is 208 g/mol. The third kappa shape index (κ3) is 13.2. The summed E-state index contributed by atoms with van der Waals surface area (Å²) in [7, 11) is 0. The number of carboxylic acids is 2.